The van der Waals surface area contributed by atoms with Gasteiger partial charge in [-0.05, 0) is 6.92 Å². The Balaban J connectivity index is 2.73. The molecule has 0 aliphatic carbocycles. The van der Waals surface area contributed by atoms with E-state index in [0.717, 1.165) is 16.4 Å². The lowest BCUT2D eigenvalue weighted by Crippen LogP contribution is -2.53. The lowest BCUT2D eigenvalue weighted by molar-refractivity contribution is -0.140. The Morgan fingerprint density at radius 2 is 1.83 bits per heavy atom. The Morgan fingerprint density at radius 3 is 2.28 bits per heavy atom. The van der Waals surface area contributed by atoms with Gasteiger partial charge in [-0.1, -0.05) is 0 Å². The molecule has 102 valence electrons. The summed E-state index contributed by atoms with van der Waals surface area (Å²) < 4.78 is 0. The van der Waals surface area contributed by atoms with E-state index < -0.39 is 31.1 Å². The number of hydrogen-bond acceptors (Lipinski definition) is 4. The highest BCUT2D eigenvalue weighted by atomic mass is 32.2. The lowest BCUT2D eigenvalue weighted by atomic mass is 10.3. The van der Waals surface area contributed by atoms with Gasteiger partial charge in [0, 0.05) is 24.1 Å². The van der Waals surface area contributed by atoms with E-state index in [9.17, 15) is 14.4 Å². The molecule has 18 heavy (non-hydrogen) atoms. The topological polar surface area (TPSA) is 98.2 Å². The average Bonchev–Trinajstić information content (AvgIpc) is 2.26. The van der Waals surface area contributed by atoms with Gasteiger partial charge >= 0.3 is 18.0 Å². The van der Waals surface area contributed by atoms with Crippen LogP contribution in [0.3, 0.4) is 0 Å². The van der Waals surface area contributed by atoms with Crippen LogP contribution >= 0.6 is 11.8 Å². The summed E-state index contributed by atoms with van der Waals surface area (Å²) in [5, 5.41) is 17.4. The van der Waals surface area contributed by atoms with Gasteiger partial charge in [0.15, 0.2) is 0 Å². The second-order valence-corrected chi connectivity index (χ2v) is 5.19. The van der Waals surface area contributed by atoms with Crippen LogP contribution in [0.25, 0.3) is 0 Å². The quantitative estimate of drug-likeness (QED) is 0.751. The van der Waals surface area contributed by atoms with Crippen molar-refractivity contribution >= 4 is 29.7 Å². The first-order chi connectivity index (χ1) is 8.41. The summed E-state index contributed by atoms with van der Waals surface area (Å²) in [6.45, 7) is 1.19. The number of amides is 2. The van der Waals surface area contributed by atoms with Crippen LogP contribution in [0.2, 0.25) is 0 Å². The van der Waals surface area contributed by atoms with Gasteiger partial charge in [0.1, 0.15) is 13.1 Å². The predicted molar refractivity (Wildman–Crippen MR) is 65.7 cm³/mol. The van der Waals surface area contributed by atoms with Crippen LogP contribution in [0.5, 0.6) is 0 Å². The van der Waals surface area contributed by atoms with Crippen LogP contribution in [0.4, 0.5) is 4.79 Å². The van der Waals surface area contributed by atoms with E-state index in [2.05, 4.69) is 0 Å². The van der Waals surface area contributed by atoms with Crippen LogP contribution in [-0.2, 0) is 9.59 Å². The van der Waals surface area contributed by atoms with Gasteiger partial charge in [-0.25, -0.2) is 4.79 Å². The van der Waals surface area contributed by atoms with Crippen molar-refractivity contribution in [2.75, 3.05) is 31.1 Å². The molecule has 1 heterocycles. The Bertz CT molecular complexity index is 333. The second-order valence-electron chi connectivity index (χ2n) is 4.04. The minimum atomic E-state index is -1.22. The Hall–Kier alpha value is -1.44. The van der Waals surface area contributed by atoms with E-state index in [1.54, 1.807) is 11.8 Å². The number of thioether (sulfide) groups is 1. The molecule has 0 aromatic rings. The molecule has 0 aromatic heterocycles. The smallest absolute Gasteiger partial charge is 0.323 e. The zero-order chi connectivity index (χ0) is 13.7. The fourth-order valence-corrected chi connectivity index (χ4v) is 2.72. The molecule has 8 heteroatoms. The molecule has 2 amide bonds. The SMILES string of the molecule is CC1CSCCN1C(=O)N(CC(=O)O)CC(=O)O. The minimum absolute atomic E-state index is 0.0126. The van der Waals surface area contributed by atoms with Gasteiger partial charge in [-0.3, -0.25) is 9.59 Å². The maximum absolute atomic E-state index is 12.1. The normalized spacial score (nSPS) is 19.4. The molecule has 1 unspecified atom stereocenters. The standard InChI is InChI=1S/C10H16N2O5S/c1-7-6-18-3-2-12(7)10(17)11(4-8(13)14)5-9(15)16/h7H,2-6H2,1H3,(H,13,14)(H,15,16). The third-order valence-electron chi connectivity index (χ3n) is 2.54. The van der Waals surface area contributed by atoms with E-state index in [1.807, 2.05) is 6.92 Å². The molecule has 0 saturated carbocycles. The van der Waals surface area contributed by atoms with Crippen molar-refractivity contribution in [2.45, 2.75) is 13.0 Å². The molecule has 0 aromatic carbocycles. The first-order valence-electron chi connectivity index (χ1n) is 5.48. The number of carboxylic acids is 2. The second kappa shape index (κ2) is 6.48. The molecule has 1 aliphatic heterocycles. The van der Waals surface area contributed by atoms with Crippen LogP contribution in [-0.4, -0.2) is 75.2 Å². The van der Waals surface area contributed by atoms with Crippen molar-refractivity contribution in [1.82, 2.24) is 9.80 Å². The number of carbonyl (C=O) groups excluding carboxylic acids is 1. The van der Waals surface area contributed by atoms with Crippen molar-refractivity contribution in [1.29, 1.82) is 0 Å². The third-order valence-corrected chi connectivity index (χ3v) is 3.73. The molecule has 1 saturated heterocycles. The van der Waals surface area contributed by atoms with E-state index >= 15 is 0 Å². The van der Waals surface area contributed by atoms with Gasteiger partial charge in [0.25, 0.3) is 0 Å². The highest BCUT2D eigenvalue weighted by Gasteiger charge is 2.29. The first-order valence-corrected chi connectivity index (χ1v) is 6.64. The Labute approximate surface area is 109 Å². The molecule has 0 spiro atoms. The molecule has 1 rings (SSSR count). The van der Waals surface area contributed by atoms with Crippen LogP contribution < -0.4 is 0 Å². The van der Waals surface area contributed by atoms with Gasteiger partial charge in [0.05, 0.1) is 0 Å². The molecule has 0 radical (unpaired) electrons. The zero-order valence-electron chi connectivity index (χ0n) is 10.0. The fourth-order valence-electron chi connectivity index (χ4n) is 1.71. The molecule has 1 fully saturated rings. The van der Waals surface area contributed by atoms with Crippen LogP contribution in [0.15, 0.2) is 0 Å². The van der Waals surface area contributed by atoms with Crippen LogP contribution in [0.1, 0.15) is 6.92 Å². The van der Waals surface area contributed by atoms with E-state index in [4.69, 9.17) is 10.2 Å². The number of urea groups is 1. The summed E-state index contributed by atoms with van der Waals surface area (Å²) in [7, 11) is 0. The van der Waals surface area contributed by atoms with Crippen molar-refractivity contribution < 1.29 is 24.6 Å². The third kappa shape index (κ3) is 4.10. The van der Waals surface area contributed by atoms with Crippen molar-refractivity contribution in [3.63, 3.8) is 0 Å². The summed E-state index contributed by atoms with van der Waals surface area (Å²) >= 11 is 1.72. The number of carboxylic acid groups (broad SMARTS) is 2. The molecule has 0 bridgehead atoms. The largest absolute Gasteiger partial charge is 0.480 e. The van der Waals surface area contributed by atoms with Crippen molar-refractivity contribution in [3.8, 4) is 0 Å². The van der Waals surface area contributed by atoms with Crippen LogP contribution in [0, 0.1) is 0 Å². The zero-order valence-corrected chi connectivity index (χ0v) is 10.9. The van der Waals surface area contributed by atoms with Gasteiger partial charge < -0.3 is 20.0 Å². The number of hydrogen-bond donors (Lipinski definition) is 2. The maximum Gasteiger partial charge on any atom is 0.323 e. The minimum Gasteiger partial charge on any atom is -0.480 e. The maximum atomic E-state index is 12.1. The van der Waals surface area contributed by atoms with Gasteiger partial charge in [-0.2, -0.15) is 11.8 Å². The predicted octanol–water partition coefficient (Wildman–Crippen LogP) is 0.0149. The number of carbonyl (C=O) groups is 3. The monoisotopic (exact) mass is 276 g/mol. The van der Waals surface area contributed by atoms with Gasteiger partial charge in [-0.15, -0.1) is 0 Å². The van der Waals surface area contributed by atoms with E-state index in [-0.39, 0.29) is 6.04 Å². The molecule has 1 atom stereocenters. The number of nitrogens with zero attached hydrogens (tertiary/aromatic N) is 2. The van der Waals surface area contributed by atoms with E-state index in [0.29, 0.717) is 6.54 Å². The first kappa shape index (κ1) is 14.6. The summed E-state index contributed by atoms with van der Waals surface area (Å²) in [6, 6.07) is -0.533. The highest BCUT2D eigenvalue weighted by molar-refractivity contribution is 7.99. The van der Waals surface area contributed by atoms with Crippen molar-refractivity contribution in [3.05, 3.63) is 0 Å². The van der Waals surface area contributed by atoms with Gasteiger partial charge in [0.2, 0.25) is 0 Å². The summed E-state index contributed by atoms with van der Waals surface area (Å²) in [5.74, 6) is -0.878. The summed E-state index contributed by atoms with van der Waals surface area (Å²) in [6.07, 6.45) is 0. The molecule has 2 N–H and O–H groups in total. The molecule has 1 aliphatic rings. The lowest BCUT2D eigenvalue weighted by Gasteiger charge is -2.36. The number of aliphatic carboxylic acids is 2. The Morgan fingerprint density at radius 1 is 1.28 bits per heavy atom. The number of rotatable bonds is 4. The molecular formula is C10H16N2O5S. The molecule has 7 nitrogen and oxygen atoms in total. The highest BCUT2D eigenvalue weighted by Crippen LogP contribution is 2.17. The Kier molecular flexibility index (Phi) is 5.26. The average molecular weight is 276 g/mol. The summed E-state index contributed by atoms with van der Waals surface area (Å²) in [4.78, 5) is 35.8. The van der Waals surface area contributed by atoms with Crippen molar-refractivity contribution in [2.24, 2.45) is 0 Å². The van der Waals surface area contributed by atoms with E-state index in [1.165, 1.54) is 4.90 Å². The fraction of sp³-hybridized carbons (Fsp3) is 0.700. The summed E-state index contributed by atoms with van der Waals surface area (Å²) in [5.41, 5.74) is 0. The molecular weight excluding hydrogens is 260 g/mol.